The highest BCUT2D eigenvalue weighted by Gasteiger charge is 2.30. The Kier molecular flexibility index (Phi) is 10.4. The van der Waals surface area contributed by atoms with Crippen molar-refractivity contribution in [3.8, 4) is 10.8 Å². The van der Waals surface area contributed by atoms with Crippen LogP contribution in [0.15, 0.2) is 40.2 Å². The Hall–Kier alpha value is -3.88. The van der Waals surface area contributed by atoms with Gasteiger partial charge in [0.1, 0.15) is 33.5 Å². The summed E-state index contributed by atoms with van der Waals surface area (Å²) in [5.74, 6) is -0.638. The number of aliphatic hydroxyl groups is 1. The number of nitrogens with zero attached hydrogens (tertiary/aromatic N) is 6. The lowest BCUT2D eigenvalue weighted by Gasteiger charge is -2.27. The third kappa shape index (κ3) is 6.01. The summed E-state index contributed by atoms with van der Waals surface area (Å²) in [5.41, 5.74) is -0.524. The van der Waals surface area contributed by atoms with Crippen molar-refractivity contribution < 1.29 is 23.8 Å². The van der Waals surface area contributed by atoms with Crippen molar-refractivity contribution in [3.05, 3.63) is 68.4 Å². The van der Waals surface area contributed by atoms with Gasteiger partial charge in [0.2, 0.25) is 5.91 Å². The first-order chi connectivity index (χ1) is 19.5. The molecule has 1 N–H and O–H groups in total. The SMILES string of the molecule is C.COc1ccc(F)cc1[C@@H](Cn1c(=O)n([C@@H](C)C(=O)N(C)C(C)C)c(=O)c2c(C)c(-n3nccn3)sc21)OCCO. The van der Waals surface area contributed by atoms with Gasteiger partial charge in [-0.1, -0.05) is 18.8 Å². The summed E-state index contributed by atoms with van der Waals surface area (Å²) in [5, 5.41) is 18.6. The summed E-state index contributed by atoms with van der Waals surface area (Å²) in [7, 11) is 3.03. The Morgan fingerprint density at radius 1 is 1.19 bits per heavy atom. The maximum atomic E-state index is 14.4. The number of amides is 1. The number of fused-ring (bicyclic) bond motifs is 1. The molecule has 2 atom stereocenters. The second-order valence-electron chi connectivity index (χ2n) is 9.79. The van der Waals surface area contributed by atoms with Gasteiger partial charge < -0.3 is 19.5 Å². The molecule has 3 aromatic heterocycles. The van der Waals surface area contributed by atoms with Gasteiger partial charge in [-0.15, -0.1) is 4.80 Å². The number of aryl methyl sites for hydroxylation is 1. The molecular formula is C28H37FN6O6S. The van der Waals surface area contributed by atoms with Gasteiger partial charge in [0, 0.05) is 24.2 Å². The minimum absolute atomic E-state index is 0. The van der Waals surface area contributed by atoms with Crippen molar-refractivity contribution in [2.45, 2.75) is 59.9 Å². The van der Waals surface area contributed by atoms with Crippen LogP contribution in [0.2, 0.25) is 0 Å². The molecule has 0 bridgehead atoms. The molecule has 42 heavy (non-hydrogen) atoms. The van der Waals surface area contributed by atoms with E-state index in [1.165, 1.54) is 58.9 Å². The van der Waals surface area contributed by atoms with Crippen molar-refractivity contribution in [1.29, 1.82) is 0 Å². The van der Waals surface area contributed by atoms with Gasteiger partial charge in [0.25, 0.3) is 5.56 Å². The Balaban J connectivity index is 0.00000484. The standard InChI is InChI=1S/C27H33FN6O6S.CH4/c1-15(2)31(5)23(36)17(4)33-24(37)22-16(3)25(34-29-9-10-30-34)41-26(22)32(27(33)38)14-21(40-12-11-35)19-13-18(28)7-8-20(19)39-6;/h7-10,13,15,17,21,35H,11-12,14H2,1-6H3;1H4/t17-,21+;/m0./s1. The zero-order valence-electron chi connectivity index (χ0n) is 23.7. The molecular weight excluding hydrogens is 567 g/mol. The molecule has 1 amide bonds. The molecule has 0 aliphatic rings. The van der Waals surface area contributed by atoms with Crippen LogP contribution in [0.4, 0.5) is 4.39 Å². The molecule has 4 aromatic rings. The zero-order chi connectivity index (χ0) is 30.0. The molecule has 3 heterocycles. The van der Waals surface area contributed by atoms with E-state index in [1.54, 1.807) is 14.0 Å². The first-order valence-corrected chi connectivity index (χ1v) is 13.8. The maximum absolute atomic E-state index is 14.4. The molecule has 12 nitrogen and oxygen atoms in total. The maximum Gasteiger partial charge on any atom is 0.332 e. The molecule has 228 valence electrons. The number of rotatable bonds is 11. The lowest BCUT2D eigenvalue weighted by atomic mass is 10.1. The molecule has 0 radical (unpaired) electrons. The quantitative estimate of drug-likeness (QED) is 0.276. The normalized spacial score (nSPS) is 12.8. The number of methoxy groups -OCH3 is 1. The first-order valence-electron chi connectivity index (χ1n) is 13.0. The zero-order valence-corrected chi connectivity index (χ0v) is 24.5. The fourth-order valence-electron chi connectivity index (χ4n) is 4.58. The lowest BCUT2D eigenvalue weighted by Crippen LogP contribution is -2.47. The number of carbonyl (C=O) groups is 1. The van der Waals surface area contributed by atoms with Gasteiger partial charge in [0.15, 0.2) is 0 Å². The van der Waals surface area contributed by atoms with Gasteiger partial charge in [0.05, 0.1) is 44.6 Å². The predicted octanol–water partition coefficient (Wildman–Crippen LogP) is 3.08. The van der Waals surface area contributed by atoms with E-state index in [4.69, 9.17) is 9.47 Å². The second-order valence-corrected chi connectivity index (χ2v) is 10.8. The number of carbonyl (C=O) groups excluding carboxylic acids is 1. The van der Waals surface area contributed by atoms with Crippen molar-refractivity contribution in [1.82, 2.24) is 29.0 Å². The second kappa shape index (κ2) is 13.4. The molecule has 0 unspecified atom stereocenters. The van der Waals surface area contributed by atoms with E-state index in [2.05, 4.69) is 10.2 Å². The van der Waals surface area contributed by atoms with Crippen molar-refractivity contribution >= 4 is 27.5 Å². The van der Waals surface area contributed by atoms with E-state index in [0.29, 0.717) is 26.7 Å². The largest absolute Gasteiger partial charge is 0.496 e. The van der Waals surface area contributed by atoms with Crippen LogP contribution in [0, 0.1) is 12.7 Å². The highest BCUT2D eigenvalue weighted by Crippen LogP contribution is 2.34. The number of likely N-dealkylation sites (N-methyl/N-ethyl adjacent to an activating group) is 1. The Morgan fingerprint density at radius 2 is 1.86 bits per heavy atom. The molecule has 0 aliphatic carbocycles. The number of aromatic nitrogens is 5. The van der Waals surface area contributed by atoms with Gasteiger partial charge in [-0.3, -0.25) is 14.2 Å². The van der Waals surface area contributed by atoms with Crippen LogP contribution >= 0.6 is 11.3 Å². The van der Waals surface area contributed by atoms with Gasteiger partial charge >= 0.3 is 5.69 Å². The van der Waals surface area contributed by atoms with Gasteiger partial charge in [-0.25, -0.2) is 13.8 Å². The summed E-state index contributed by atoms with van der Waals surface area (Å²) in [6, 6.07) is 2.63. The number of hydrogen-bond donors (Lipinski definition) is 1. The molecule has 14 heteroatoms. The van der Waals surface area contributed by atoms with Crippen molar-refractivity contribution in [2.75, 3.05) is 27.4 Å². The summed E-state index contributed by atoms with van der Waals surface area (Å²) in [6.07, 6.45) is 2.02. The smallest absolute Gasteiger partial charge is 0.332 e. The first kappa shape index (κ1) is 32.6. The molecule has 0 saturated heterocycles. The van der Waals surface area contributed by atoms with Gasteiger partial charge in [-0.05, 0) is 45.9 Å². The number of thiophene rings is 1. The monoisotopic (exact) mass is 604 g/mol. The average molecular weight is 605 g/mol. The number of hydrogen-bond acceptors (Lipinski definition) is 9. The topological polar surface area (TPSA) is 134 Å². The molecule has 1 aromatic carbocycles. The van der Waals surface area contributed by atoms with E-state index < -0.39 is 35.1 Å². The van der Waals surface area contributed by atoms with E-state index in [0.717, 1.165) is 15.9 Å². The Bertz CT molecular complexity index is 1660. The van der Waals surface area contributed by atoms with E-state index in [1.807, 2.05) is 13.8 Å². The molecule has 0 spiro atoms. The van der Waals surface area contributed by atoms with E-state index in [9.17, 15) is 23.9 Å². The van der Waals surface area contributed by atoms with Crippen LogP contribution in [0.1, 0.15) is 51.5 Å². The predicted molar refractivity (Wildman–Crippen MR) is 158 cm³/mol. The van der Waals surface area contributed by atoms with Crippen LogP contribution in [-0.4, -0.2) is 73.5 Å². The summed E-state index contributed by atoms with van der Waals surface area (Å²) >= 11 is 1.13. The third-order valence-corrected chi connectivity index (χ3v) is 8.26. The van der Waals surface area contributed by atoms with Crippen LogP contribution in [0.25, 0.3) is 15.2 Å². The van der Waals surface area contributed by atoms with Crippen molar-refractivity contribution in [2.24, 2.45) is 0 Å². The minimum atomic E-state index is -1.12. The Labute approximate surface area is 246 Å². The van der Waals surface area contributed by atoms with Crippen LogP contribution in [-0.2, 0) is 16.1 Å². The highest BCUT2D eigenvalue weighted by molar-refractivity contribution is 7.21. The van der Waals surface area contributed by atoms with Crippen molar-refractivity contribution in [3.63, 3.8) is 0 Å². The van der Waals surface area contributed by atoms with Crippen LogP contribution < -0.4 is 16.0 Å². The van der Waals surface area contributed by atoms with Crippen LogP contribution in [0.5, 0.6) is 5.75 Å². The number of aliphatic hydroxyl groups excluding tert-OH is 1. The fourth-order valence-corrected chi connectivity index (χ4v) is 5.80. The minimum Gasteiger partial charge on any atom is -0.496 e. The van der Waals surface area contributed by atoms with Crippen LogP contribution in [0.3, 0.4) is 0 Å². The molecule has 0 saturated carbocycles. The Morgan fingerprint density at radius 3 is 2.45 bits per heavy atom. The summed E-state index contributed by atoms with van der Waals surface area (Å²) in [6.45, 7) is 6.28. The average Bonchev–Trinajstić information content (AvgIpc) is 3.60. The highest BCUT2D eigenvalue weighted by atomic mass is 32.1. The summed E-state index contributed by atoms with van der Waals surface area (Å²) < 4.78 is 28.0. The van der Waals surface area contributed by atoms with E-state index >= 15 is 0 Å². The number of benzene rings is 1. The van der Waals surface area contributed by atoms with Gasteiger partial charge in [-0.2, -0.15) is 10.2 Å². The number of halogens is 1. The number of ether oxygens (including phenoxy) is 2. The lowest BCUT2D eigenvalue weighted by molar-refractivity contribution is -0.134. The third-order valence-electron chi connectivity index (χ3n) is 6.98. The molecule has 0 aliphatic heterocycles. The molecule has 0 fully saturated rings. The molecule has 4 rings (SSSR count). The summed E-state index contributed by atoms with van der Waals surface area (Å²) in [4.78, 5) is 44.5. The van der Waals surface area contributed by atoms with E-state index in [-0.39, 0.29) is 38.6 Å². The fraction of sp³-hybridized carbons (Fsp3) is 0.464.